The molecule has 3 nitrogen and oxygen atoms in total. The van der Waals surface area contributed by atoms with E-state index in [-0.39, 0.29) is 18.1 Å². The second kappa shape index (κ2) is 8.31. The number of carbonyl (C=O) groups is 2. The highest BCUT2D eigenvalue weighted by molar-refractivity contribution is 6.07. The van der Waals surface area contributed by atoms with Gasteiger partial charge in [0.25, 0.3) is 0 Å². The molecule has 102 valence electrons. The first-order valence-corrected chi connectivity index (χ1v) is 6.78. The number of carboxylic acid groups (broad SMARTS) is 1. The highest BCUT2D eigenvalue weighted by atomic mass is 16.4. The van der Waals surface area contributed by atoms with Gasteiger partial charge in [0.05, 0.1) is 0 Å². The average molecular weight is 260 g/mol. The quantitative estimate of drug-likeness (QED) is 0.453. The molecule has 0 aromatic heterocycles. The molecule has 0 fully saturated rings. The molecule has 19 heavy (non-hydrogen) atoms. The molecule has 0 spiro atoms. The summed E-state index contributed by atoms with van der Waals surface area (Å²) < 4.78 is 0. The van der Waals surface area contributed by atoms with Crippen LogP contribution >= 0.6 is 0 Å². The zero-order valence-corrected chi connectivity index (χ0v) is 11.3. The molecule has 0 saturated carbocycles. The van der Waals surface area contributed by atoms with E-state index in [9.17, 15) is 9.59 Å². The van der Waals surface area contributed by atoms with Crippen molar-refractivity contribution < 1.29 is 14.7 Å². The van der Waals surface area contributed by atoms with Crippen molar-refractivity contribution in [1.29, 1.82) is 0 Å². The van der Waals surface area contributed by atoms with E-state index in [1.807, 2.05) is 6.08 Å². The van der Waals surface area contributed by atoms with Crippen molar-refractivity contribution in [1.82, 2.24) is 0 Å². The molecule has 1 atom stereocenters. The summed E-state index contributed by atoms with van der Waals surface area (Å²) in [7, 11) is 0. The topological polar surface area (TPSA) is 54.4 Å². The van der Waals surface area contributed by atoms with Crippen molar-refractivity contribution in [2.45, 2.75) is 45.4 Å². The third-order valence-electron chi connectivity index (χ3n) is 3.05. The van der Waals surface area contributed by atoms with Gasteiger partial charge in [0.1, 0.15) is 0 Å². The zero-order valence-electron chi connectivity index (χ0n) is 11.3. The first kappa shape index (κ1) is 15.2. The minimum Gasteiger partial charge on any atom is -0.481 e. The van der Waals surface area contributed by atoms with Gasteiger partial charge in [-0.05, 0) is 25.0 Å². The SMILES string of the molecule is CCCCC1C=CC(=O)/C1=C\C#CCCCC(=O)O. The Morgan fingerprint density at radius 1 is 1.47 bits per heavy atom. The monoisotopic (exact) mass is 260 g/mol. The Bertz CT molecular complexity index is 446. The van der Waals surface area contributed by atoms with Gasteiger partial charge in [0.15, 0.2) is 5.78 Å². The van der Waals surface area contributed by atoms with Crippen molar-refractivity contribution in [3.05, 3.63) is 23.8 Å². The molecule has 0 saturated heterocycles. The van der Waals surface area contributed by atoms with E-state index in [4.69, 9.17) is 5.11 Å². The Morgan fingerprint density at radius 2 is 2.26 bits per heavy atom. The molecule has 0 aromatic rings. The fraction of sp³-hybridized carbons (Fsp3) is 0.500. The molecule has 0 radical (unpaired) electrons. The fourth-order valence-corrected chi connectivity index (χ4v) is 1.97. The summed E-state index contributed by atoms with van der Waals surface area (Å²) in [4.78, 5) is 22.0. The van der Waals surface area contributed by atoms with Crippen LogP contribution in [0.4, 0.5) is 0 Å². The number of ketones is 1. The van der Waals surface area contributed by atoms with Crippen LogP contribution in [-0.4, -0.2) is 16.9 Å². The van der Waals surface area contributed by atoms with Crippen molar-refractivity contribution in [3.8, 4) is 11.8 Å². The summed E-state index contributed by atoms with van der Waals surface area (Å²) >= 11 is 0. The Labute approximate surface area is 114 Å². The van der Waals surface area contributed by atoms with Gasteiger partial charge in [0.2, 0.25) is 0 Å². The standard InChI is InChI=1S/C16H20O3/c1-2-3-8-13-11-12-15(17)14(13)9-6-4-5-7-10-16(18)19/h9,11-13H,2-3,5,7-8,10H2,1H3,(H,18,19)/b14-9-. The van der Waals surface area contributed by atoms with E-state index in [1.54, 1.807) is 12.2 Å². The lowest BCUT2D eigenvalue weighted by Gasteiger charge is -2.07. The minimum atomic E-state index is -0.796. The molecular weight excluding hydrogens is 240 g/mol. The van der Waals surface area contributed by atoms with Gasteiger partial charge < -0.3 is 5.11 Å². The number of carboxylic acids is 1. The molecule has 1 rings (SSSR count). The predicted molar refractivity (Wildman–Crippen MR) is 74.5 cm³/mol. The summed E-state index contributed by atoms with van der Waals surface area (Å²) in [5.74, 6) is 5.24. The van der Waals surface area contributed by atoms with E-state index >= 15 is 0 Å². The number of rotatable bonds is 6. The number of aliphatic carboxylic acids is 1. The van der Waals surface area contributed by atoms with Gasteiger partial charge in [-0.25, -0.2) is 0 Å². The van der Waals surface area contributed by atoms with Crippen molar-refractivity contribution in [3.63, 3.8) is 0 Å². The number of unbranched alkanes of at least 4 members (excludes halogenated alkanes) is 2. The Kier molecular flexibility index (Phi) is 6.67. The molecule has 0 heterocycles. The summed E-state index contributed by atoms with van der Waals surface area (Å²) in [6.07, 6.45) is 9.74. The highest BCUT2D eigenvalue weighted by Gasteiger charge is 2.21. The Hall–Kier alpha value is -1.82. The lowest BCUT2D eigenvalue weighted by atomic mass is 9.96. The Balaban J connectivity index is 2.47. The van der Waals surface area contributed by atoms with Crippen molar-refractivity contribution in [2.24, 2.45) is 5.92 Å². The van der Waals surface area contributed by atoms with Crippen molar-refractivity contribution in [2.75, 3.05) is 0 Å². The predicted octanol–water partition coefficient (Wildman–Crippen LogP) is 3.12. The molecule has 1 unspecified atom stereocenters. The molecule has 0 bridgehead atoms. The van der Waals surface area contributed by atoms with E-state index in [1.165, 1.54) is 0 Å². The van der Waals surface area contributed by atoms with Gasteiger partial charge >= 0.3 is 5.97 Å². The van der Waals surface area contributed by atoms with Gasteiger partial charge in [-0.1, -0.05) is 37.7 Å². The molecule has 0 aromatic carbocycles. The van der Waals surface area contributed by atoms with Crippen molar-refractivity contribution >= 4 is 11.8 Å². The third-order valence-corrected chi connectivity index (χ3v) is 3.05. The van der Waals surface area contributed by atoms with Crippen LogP contribution in [-0.2, 0) is 9.59 Å². The molecule has 1 N–H and O–H groups in total. The van der Waals surface area contributed by atoms with Crippen LogP contribution in [0, 0.1) is 17.8 Å². The van der Waals surface area contributed by atoms with Crippen LogP contribution in [0.15, 0.2) is 23.8 Å². The third kappa shape index (κ3) is 5.56. The molecule has 1 aliphatic carbocycles. The van der Waals surface area contributed by atoms with Gasteiger partial charge in [-0.2, -0.15) is 0 Å². The normalized spacial score (nSPS) is 19.5. The minimum absolute atomic E-state index is 0.0564. The average Bonchev–Trinajstić information content (AvgIpc) is 2.72. The van der Waals surface area contributed by atoms with E-state index in [0.717, 1.165) is 24.8 Å². The van der Waals surface area contributed by atoms with Gasteiger partial charge in [0, 0.05) is 24.3 Å². The van der Waals surface area contributed by atoms with Gasteiger partial charge in [-0.3, -0.25) is 9.59 Å². The maximum atomic E-state index is 11.7. The number of hydrogen-bond acceptors (Lipinski definition) is 2. The molecule has 1 aliphatic rings. The zero-order chi connectivity index (χ0) is 14.1. The van der Waals surface area contributed by atoms with Crippen LogP contribution in [0.3, 0.4) is 0 Å². The summed E-state index contributed by atoms with van der Waals surface area (Å²) in [5.41, 5.74) is 0.777. The van der Waals surface area contributed by atoms with Crippen LogP contribution in [0.1, 0.15) is 45.4 Å². The summed E-state index contributed by atoms with van der Waals surface area (Å²) in [6.45, 7) is 2.13. The number of hydrogen-bond donors (Lipinski definition) is 1. The smallest absolute Gasteiger partial charge is 0.303 e. The first-order chi connectivity index (χ1) is 9.15. The maximum absolute atomic E-state index is 11.7. The van der Waals surface area contributed by atoms with Crippen LogP contribution in [0.5, 0.6) is 0 Å². The largest absolute Gasteiger partial charge is 0.481 e. The molecule has 3 heteroatoms. The van der Waals surface area contributed by atoms with E-state index in [2.05, 4.69) is 18.8 Å². The van der Waals surface area contributed by atoms with Gasteiger partial charge in [-0.15, -0.1) is 0 Å². The van der Waals surface area contributed by atoms with Crippen LogP contribution < -0.4 is 0 Å². The van der Waals surface area contributed by atoms with E-state index in [0.29, 0.717) is 12.8 Å². The lowest BCUT2D eigenvalue weighted by molar-refractivity contribution is -0.137. The maximum Gasteiger partial charge on any atom is 0.303 e. The van der Waals surface area contributed by atoms with Crippen LogP contribution in [0.25, 0.3) is 0 Å². The van der Waals surface area contributed by atoms with E-state index < -0.39 is 5.97 Å². The lowest BCUT2D eigenvalue weighted by Crippen LogP contribution is -2.02. The summed E-state index contributed by atoms with van der Waals surface area (Å²) in [5, 5.41) is 8.48. The van der Waals surface area contributed by atoms with Crippen LogP contribution in [0.2, 0.25) is 0 Å². The first-order valence-electron chi connectivity index (χ1n) is 6.78. The molecule has 0 amide bonds. The highest BCUT2D eigenvalue weighted by Crippen LogP contribution is 2.26. The molecular formula is C16H20O3. The Morgan fingerprint density at radius 3 is 2.95 bits per heavy atom. The number of carbonyl (C=O) groups excluding carboxylic acids is 1. The second-order valence-corrected chi connectivity index (χ2v) is 4.64. The summed E-state index contributed by atoms with van der Waals surface area (Å²) in [6, 6.07) is 0. The second-order valence-electron chi connectivity index (χ2n) is 4.64. The molecule has 0 aliphatic heterocycles. The number of allylic oxidation sites excluding steroid dienone is 4. The fourth-order valence-electron chi connectivity index (χ4n) is 1.97.